The fourth-order valence-corrected chi connectivity index (χ4v) is 2.31. The first-order valence-electron chi connectivity index (χ1n) is 8.39. The van der Waals surface area contributed by atoms with Crippen LogP contribution in [0.3, 0.4) is 0 Å². The molecule has 1 atom stereocenters. The Morgan fingerprint density at radius 2 is 2.12 bits per heavy atom. The standard InChI is InChI=1S/C18H24ClN3O3/c1-11(2)17-21-16(25-22-17)6-5-9-20-18(23)13(4)24-15-10-12(3)7-8-14(15)19/h7-8,10-11,13H,5-6,9H2,1-4H3,(H,20,23). The fraction of sp³-hybridized carbons (Fsp3) is 0.500. The van der Waals surface area contributed by atoms with Gasteiger partial charge in [-0.2, -0.15) is 4.98 Å². The van der Waals surface area contributed by atoms with Crippen LogP contribution < -0.4 is 10.1 Å². The first kappa shape index (κ1) is 19.2. The Hall–Kier alpha value is -2.08. The van der Waals surface area contributed by atoms with Crippen molar-refractivity contribution in [3.63, 3.8) is 0 Å². The molecule has 0 spiro atoms. The van der Waals surface area contributed by atoms with Crippen LogP contribution in [0.15, 0.2) is 22.7 Å². The van der Waals surface area contributed by atoms with E-state index in [1.54, 1.807) is 13.0 Å². The van der Waals surface area contributed by atoms with Gasteiger partial charge in [0.2, 0.25) is 5.89 Å². The number of carbonyl (C=O) groups is 1. The lowest BCUT2D eigenvalue weighted by atomic mass is 10.2. The van der Waals surface area contributed by atoms with Gasteiger partial charge < -0.3 is 14.6 Å². The summed E-state index contributed by atoms with van der Waals surface area (Å²) in [6.07, 6.45) is 0.706. The van der Waals surface area contributed by atoms with Gasteiger partial charge >= 0.3 is 0 Å². The monoisotopic (exact) mass is 365 g/mol. The molecule has 0 saturated heterocycles. The van der Waals surface area contributed by atoms with E-state index in [2.05, 4.69) is 15.5 Å². The van der Waals surface area contributed by atoms with Gasteiger partial charge in [-0.05, 0) is 38.0 Å². The van der Waals surface area contributed by atoms with Gasteiger partial charge in [0.15, 0.2) is 11.9 Å². The quantitative estimate of drug-likeness (QED) is 0.722. The molecule has 0 bridgehead atoms. The van der Waals surface area contributed by atoms with E-state index in [9.17, 15) is 4.79 Å². The second kappa shape index (κ2) is 8.85. The molecule has 1 heterocycles. The van der Waals surface area contributed by atoms with E-state index in [4.69, 9.17) is 20.9 Å². The molecule has 2 aromatic rings. The smallest absolute Gasteiger partial charge is 0.260 e. The highest BCUT2D eigenvalue weighted by molar-refractivity contribution is 6.32. The lowest BCUT2D eigenvalue weighted by Gasteiger charge is -2.16. The molecule has 0 aliphatic heterocycles. The maximum atomic E-state index is 12.1. The molecule has 6 nitrogen and oxygen atoms in total. The SMILES string of the molecule is Cc1ccc(Cl)c(OC(C)C(=O)NCCCc2nc(C(C)C)no2)c1. The second-order valence-corrected chi connectivity index (χ2v) is 6.70. The van der Waals surface area contributed by atoms with Gasteiger partial charge in [0, 0.05) is 18.9 Å². The van der Waals surface area contributed by atoms with Crippen LogP contribution >= 0.6 is 11.6 Å². The minimum absolute atomic E-state index is 0.189. The van der Waals surface area contributed by atoms with Crippen molar-refractivity contribution in [2.45, 2.75) is 52.6 Å². The number of ether oxygens (including phenoxy) is 1. The van der Waals surface area contributed by atoms with E-state index in [1.165, 1.54) is 0 Å². The topological polar surface area (TPSA) is 77.2 Å². The molecule has 1 amide bonds. The van der Waals surface area contributed by atoms with Gasteiger partial charge in [-0.1, -0.05) is 36.7 Å². The van der Waals surface area contributed by atoms with Crippen LogP contribution in [-0.4, -0.2) is 28.7 Å². The molecule has 7 heteroatoms. The van der Waals surface area contributed by atoms with Gasteiger partial charge in [0.25, 0.3) is 5.91 Å². The third-order valence-corrected chi connectivity index (χ3v) is 3.94. The molecule has 136 valence electrons. The van der Waals surface area contributed by atoms with Gasteiger partial charge in [-0.3, -0.25) is 4.79 Å². The van der Waals surface area contributed by atoms with Crippen LogP contribution in [0, 0.1) is 6.92 Å². The van der Waals surface area contributed by atoms with Crippen LogP contribution in [0.2, 0.25) is 5.02 Å². The van der Waals surface area contributed by atoms with Crippen molar-refractivity contribution in [2.24, 2.45) is 0 Å². The van der Waals surface area contributed by atoms with Crippen LogP contribution in [0.1, 0.15) is 50.4 Å². The molecule has 0 aliphatic rings. The highest BCUT2D eigenvalue weighted by atomic mass is 35.5. The zero-order valence-electron chi connectivity index (χ0n) is 15.0. The highest BCUT2D eigenvalue weighted by Gasteiger charge is 2.16. The zero-order chi connectivity index (χ0) is 18.4. The largest absolute Gasteiger partial charge is 0.479 e. The Balaban J connectivity index is 1.74. The number of nitrogens with zero attached hydrogens (tertiary/aromatic N) is 2. The summed E-state index contributed by atoms with van der Waals surface area (Å²) in [5, 5.41) is 7.24. The first-order valence-corrected chi connectivity index (χ1v) is 8.77. The fourth-order valence-electron chi connectivity index (χ4n) is 2.14. The molecule has 1 aromatic carbocycles. The van der Waals surface area contributed by atoms with Gasteiger partial charge in [0.05, 0.1) is 5.02 Å². The Morgan fingerprint density at radius 3 is 2.80 bits per heavy atom. The van der Waals surface area contributed by atoms with Crippen molar-refractivity contribution < 1.29 is 14.1 Å². The molecular weight excluding hydrogens is 342 g/mol. The number of nitrogens with one attached hydrogen (secondary N) is 1. The lowest BCUT2D eigenvalue weighted by Crippen LogP contribution is -2.37. The average Bonchev–Trinajstić information content (AvgIpc) is 3.04. The van der Waals surface area contributed by atoms with Crippen molar-refractivity contribution >= 4 is 17.5 Å². The number of benzene rings is 1. The van der Waals surface area contributed by atoms with E-state index in [0.717, 1.165) is 5.56 Å². The van der Waals surface area contributed by atoms with Gasteiger partial charge in [-0.15, -0.1) is 0 Å². The summed E-state index contributed by atoms with van der Waals surface area (Å²) in [5.74, 6) is 1.86. The number of aromatic nitrogens is 2. The molecule has 1 N–H and O–H groups in total. The number of amides is 1. The maximum Gasteiger partial charge on any atom is 0.260 e. The number of halogens is 1. The highest BCUT2D eigenvalue weighted by Crippen LogP contribution is 2.26. The minimum atomic E-state index is -0.629. The summed E-state index contributed by atoms with van der Waals surface area (Å²) < 4.78 is 10.8. The van der Waals surface area contributed by atoms with Crippen LogP contribution in [0.4, 0.5) is 0 Å². The third kappa shape index (κ3) is 5.74. The van der Waals surface area contributed by atoms with Crippen molar-refractivity contribution in [3.05, 3.63) is 40.5 Å². The van der Waals surface area contributed by atoms with E-state index in [-0.39, 0.29) is 11.8 Å². The summed E-state index contributed by atoms with van der Waals surface area (Å²) in [7, 11) is 0. The van der Waals surface area contributed by atoms with Crippen molar-refractivity contribution in [1.82, 2.24) is 15.5 Å². The third-order valence-electron chi connectivity index (χ3n) is 3.63. The van der Waals surface area contributed by atoms with E-state index < -0.39 is 6.10 Å². The Kier molecular flexibility index (Phi) is 6.82. The van der Waals surface area contributed by atoms with Crippen molar-refractivity contribution in [3.8, 4) is 5.75 Å². The van der Waals surface area contributed by atoms with Crippen LogP contribution in [0.25, 0.3) is 0 Å². The number of aryl methyl sites for hydroxylation is 2. The first-order chi connectivity index (χ1) is 11.9. The molecule has 1 unspecified atom stereocenters. The number of hydrogen-bond donors (Lipinski definition) is 1. The molecule has 2 rings (SSSR count). The molecule has 1 aromatic heterocycles. The number of rotatable bonds is 8. The summed E-state index contributed by atoms with van der Waals surface area (Å²) in [4.78, 5) is 16.4. The molecule has 25 heavy (non-hydrogen) atoms. The minimum Gasteiger partial charge on any atom is -0.479 e. The van der Waals surface area contributed by atoms with Crippen molar-refractivity contribution in [2.75, 3.05) is 6.54 Å². The predicted molar refractivity (Wildman–Crippen MR) is 96.0 cm³/mol. The Morgan fingerprint density at radius 1 is 1.36 bits per heavy atom. The van der Waals surface area contributed by atoms with E-state index >= 15 is 0 Å². The summed E-state index contributed by atoms with van der Waals surface area (Å²) in [5.41, 5.74) is 1.02. The summed E-state index contributed by atoms with van der Waals surface area (Å²) >= 11 is 6.08. The van der Waals surface area contributed by atoms with Gasteiger partial charge in [0.1, 0.15) is 5.75 Å². The maximum absolute atomic E-state index is 12.1. The normalized spacial score (nSPS) is 12.2. The van der Waals surface area contributed by atoms with Gasteiger partial charge in [-0.25, -0.2) is 0 Å². The molecule has 0 fully saturated rings. The molecular formula is C18H24ClN3O3. The second-order valence-electron chi connectivity index (χ2n) is 6.29. The summed E-state index contributed by atoms with van der Waals surface area (Å²) in [6, 6.07) is 5.46. The summed E-state index contributed by atoms with van der Waals surface area (Å²) in [6.45, 7) is 8.16. The number of hydrogen-bond acceptors (Lipinski definition) is 5. The predicted octanol–water partition coefficient (Wildman–Crippen LogP) is 3.67. The van der Waals surface area contributed by atoms with E-state index in [1.807, 2.05) is 32.9 Å². The lowest BCUT2D eigenvalue weighted by molar-refractivity contribution is -0.127. The van der Waals surface area contributed by atoms with Crippen LogP contribution in [0.5, 0.6) is 5.75 Å². The zero-order valence-corrected chi connectivity index (χ0v) is 15.8. The van der Waals surface area contributed by atoms with Crippen LogP contribution in [-0.2, 0) is 11.2 Å². The number of carbonyl (C=O) groups excluding carboxylic acids is 1. The molecule has 0 saturated carbocycles. The Labute approximate surface area is 152 Å². The molecule has 0 aliphatic carbocycles. The molecule has 0 radical (unpaired) electrons. The average molecular weight is 366 g/mol. The Bertz CT molecular complexity index is 715. The van der Waals surface area contributed by atoms with Crippen molar-refractivity contribution in [1.29, 1.82) is 0 Å². The van der Waals surface area contributed by atoms with E-state index in [0.29, 0.717) is 41.9 Å².